The second-order valence-electron chi connectivity index (χ2n) is 2.87. The van der Waals surface area contributed by atoms with Gasteiger partial charge >= 0.3 is 0 Å². The van der Waals surface area contributed by atoms with Gasteiger partial charge in [0, 0.05) is 12.1 Å². The lowest BCUT2D eigenvalue weighted by Crippen LogP contribution is -1.89. The van der Waals surface area contributed by atoms with E-state index in [1.165, 1.54) is 12.1 Å². The minimum atomic E-state index is -0.802. The summed E-state index contributed by atoms with van der Waals surface area (Å²) in [5, 5.41) is 0. The molecule has 2 aromatic rings. The van der Waals surface area contributed by atoms with Gasteiger partial charge in [0.05, 0.1) is 0 Å². The van der Waals surface area contributed by atoms with Gasteiger partial charge in [0.15, 0.2) is 0 Å². The van der Waals surface area contributed by atoms with Crippen molar-refractivity contribution in [1.29, 1.82) is 0 Å². The third-order valence-electron chi connectivity index (χ3n) is 1.87. The summed E-state index contributed by atoms with van der Waals surface area (Å²) < 4.78 is 25.5. The van der Waals surface area contributed by atoms with E-state index in [1.54, 1.807) is 12.1 Å². The van der Waals surface area contributed by atoms with Crippen LogP contribution in [0.25, 0.3) is 11.1 Å². The Morgan fingerprint density at radius 3 is 1.93 bits per heavy atom. The standard InChI is InChI=1S/C11H7F2N/c12-10-6-9(7-11(13)14-10)8-4-2-1-3-5-8/h1-7H. The molecule has 70 valence electrons. The Hall–Kier alpha value is -1.77. The second-order valence-corrected chi connectivity index (χ2v) is 2.87. The number of pyridine rings is 1. The lowest BCUT2D eigenvalue weighted by atomic mass is 10.1. The minimum Gasteiger partial charge on any atom is -0.191 e. The molecule has 3 heteroatoms. The Morgan fingerprint density at radius 2 is 1.36 bits per heavy atom. The highest BCUT2D eigenvalue weighted by Crippen LogP contribution is 2.19. The Kier molecular flexibility index (Phi) is 2.23. The van der Waals surface area contributed by atoms with Crippen molar-refractivity contribution in [3.05, 3.63) is 54.4 Å². The zero-order valence-corrected chi connectivity index (χ0v) is 7.24. The maximum atomic E-state index is 12.8. The summed E-state index contributed by atoms with van der Waals surface area (Å²) in [6, 6.07) is 11.5. The van der Waals surface area contributed by atoms with Gasteiger partial charge in [-0.05, 0) is 11.1 Å². The van der Waals surface area contributed by atoms with Crippen LogP contribution in [0, 0.1) is 11.9 Å². The van der Waals surface area contributed by atoms with Gasteiger partial charge in [0.1, 0.15) is 0 Å². The second kappa shape index (κ2) is 3.54. The first-order valence-electron chi connectivity index (χ1n) is 4.14. The number of hydrogen-bond acceptors (Lipinski definition) is 1. The first-order valence-corrected chi connectivity index (χ1v) is 4.14. The minimum absolute atomic E-state index is 0.496. The number of benzene rings is 1. The van der Waals surface area contributed by atoms with Crippen molar-refractivity contribution in [3.8, 4) is 11.1 Å². The molecule has 0 spiro atoms. The summed E-state index contributed by atoms with van der Waals surface area (Å²) in [4.78, 5) is 3.03. The van der Waals surface area contributed by atoms with Crippen molar-refractivity contribution in [2.75, 3.05) is 0 Å². The van der Waals surface area contributed by atoms with E-state index < -0.39 is 11.9 Å². The van der Waals surface area contributed by atoms with Crippen LogP contribution in [0.5, 0.6) is 0 Å². The largest absolute Gasteiger partial charge is 0.216 e. The number of halogens is 2. The fourth-order valence-corrected chi connectivity index (χ4v) is 1.26. The molecule has 0 fully saturated rings. The highest BCUT2D eigenvalue weighted by molar-refractivity contribution is 5.62. The van der Waals surface area contributed by atoms with Crippen LogP contribution in [0.3, 0.4) is 0 Å². The molecule has 0 N–H and O–H groups in total. The number of rotatable bonds is 1. The van der Waals surface area contributed by atoms with E-state index in [9.17, 15) is 8.78 Å². The zero-order chi connectivity index (χ0) is 9.97. The van der Waals surface area contributed by atoms with Crippen LogP contribution in [-0.4, -0.2) is 4.98 Å². The number of hydrogen-bond donors (Lipinski definition) is 0. The molecule has 0 radical (unpaired) electrons. The Bertz CT molecular complexity index is 420. The summed E-state index contributed by atoms with van der Waals surface area (Å²) in [6.07, 6.45) is 0. The van der Waals surface area contributed by atoms with Crippen molar-refractivity contribution >= 4 is 0 Å². The van der Waals surface area contributed by atoms with E-state index in [4.69, 9.17) is 0 Å². The van der Waals surface area contributed by atoms with Crippen molar-refractivity contribution < 1.29 is 8.78 Å². The molecule has 0 aliphatic heterocycles. The van der Waals surface area contributed by atoms with Gasteiger partial charge < -0.3 is 0 Å². The molecule has 14 heavy (non-hydrogen) atoms. The van der Waals surface area contributed by atoms with Crippen molar-refractivity contribution in [3.63, 3.8) is 0 Å². The van der Waals surface area contributed by atoms with E-state index in [1.807, 2.05) is 18.2 Å². The van der Waals surface area contributed by atoms with Gasteiger partial charge in [-0.25, -0.2) is 0 Å². The molecular formula is C11H7F2N. The fourth-order valence-electron chi connectivity index (χ4n) is 1.26. The summed E-state index contributed by atoms with van der Waals surface area (Å²) in [7, 11) is 0. The van der Waals surface area contributed by atoms with E-state index in [-0.39, 0.29) is 0 Å². The van der Waals surface area contributed by atoms with Gasteiger partial charge in [0.25, 0.3) is 0 Å². The molecule has 0 atom stereocenters. The third-order valence-corrected chi connectivity index (χ3v) is 1.87. The summed E-state index contributed by atoms with van der Waals surface area (Å²) in [5.41, 5.74) is 1.27. The summed E-state index contributed by atoms with van der Waals surface area (Å²) in [6.45, 7) is 0. The zero-order valence-electron chi connectivity index (χ0n) is 7.24. The monoisotopic (exact) mass is 191 g/mol. The molecule has 0 unspecified atom stereocenters. The van der Waals surface area contributed by atoms with Crippen molar-refractivity contribution in [2.24, 2.45) is 0 Å². The van der Waals surface area contributed by atoms with Crippen LogP contribution in [-0.2, 0) is 0 Å². The van der Waals surface area contributed by atoms with E-state index in [0.717, 1.165) is 5.56 Å². The number of aromatic nitrogens is 1. The van der Waals surface area contributed by atoms with Crippen LogP contribution in [0.4, 0.5) is 8.78 Å². The first kappa shape index (κ1) is 8.81. The lowest BCUT2D eigenvalue weighted by molar-refractivity contribution is 0.513. The average Bonchev–Trinajstić information content (AvgIpc) is 2.18. The smallest absolute Gasteiger partial charge is 0.191 e. The van der Waals surface area contributed by atoms with Gasteiger partial charge in [-0.2, -0.15) is 13.8 Å². The highest BCUT2D eigenvalue weighted by Gasteiger charge is 2.02. The molecule has 0 aliphatic rings. The topological polar surface area (TPSA) is 12.9 Å². The van der Waals surface area contributed by atoms with Gasteiger partial charge in [0.2, 0.25) is 11.9 Å². The highest BCUT2D eigenvalue weighted by atomic mass is 19.1. The molecule has 1 nitrogen and oxygen atoms in total. The summed E-state index contributed by atoms with van der Waals surface area (Å²) >= 11 is 0. The van der Waals surface area contributed by atoms with Crippen LogP contribution < -0.4 is 0 Å². The molecule has 1 aromatic heterocycles. The Balaban J connectivity index is 2.52. The quantitative estimate of drug-likeness (QED) is 0.631. The van der Waals surface area contributed by atoms with E-state index >= 15 is 0 Å². The molecule has 1 heterocycles. The van der Waals surface area contributed by atoms with Gasteiger partial charge in [-0.3, -0.25) is 0 Å². The number of nitrogens with zero attached hydrogens (tertiary/aromatic N) is 1. The molecule has 0 bridgehead atoms. The van der Waals surface area contributed by atoms with Gasteiger partial charge in [-0.15, -0.1) is 0 Å². The van der Waals surface area contributed by atoms with Gasteiger partial charge in [-0.1, -0.05) is 30.3 Å². The maximum absolute atomic E-state index is 12.8. The molecule has 0 saturated heterocycles. The van der Waals surface area contributed by atoms with E-state index in [0.29, 0.717) is 5.56 Å². The van der Waals surface area contributed by atoms with Crippen molar-refractivity contribution in [2.45, 2.75) is 0 Å². The predicted octanol–water partition coefficient (Wildman–Crippen LogP) is 3.03. The molecule has 2 rings (SSSR count). The lowest BCUT2D eigenvalue weighted by Gasteiger charge is -2.00. The van der Waals surface area contributed by atoms with Crippen molar-refractivity contribution in [1.82, 2.24) is 4.98 Å². The van der Waals surface area contributed by atoms with Crippen LogP contribution in [0.15, 0.2) is 42.5 Å². The maximum Gasteiger partial charge on any atom is 0.216 e. The van der Waals surface area contributed by atoms with Crippen LogP contribution in [0.1, 0.15) is 0 Å². The molecule has 0 aliphatic carbocycles. The SMILES string of the molecule is Fc1cc(-c2ccccc2)cc(F)n1. The summed E-state index contributed by atoms with van der Waals surface area (Å²) in [5.74, 6) is -1.60. The molecule has 0 amide bonds. The first-order chi connectivity index (χ1) is 6.75. The fraction of sp³-hybridized carbons (Fsp3) is 0. The predicted molar refractivity (Wildman–Crippen MR) is 49.6 cm³/mol. The molecular weight excluding hydrogens is 184 g/mol. The van der Waals surface area contributed by atoms with Crippen LogP contribution >= 0.6 is 0 Å². The normalized spacial score (nSPS) is 10.1. The Morgan fingerprint density at radius 1 is 0.786 bits per heavy atom. The molecule has 1 aromatic carbocycles. The Labute approximate surface area is 80.0 Å². The average molecular weight is 191 g/mol. The van der Waals surface area contributed by atoms with Crippen LogP contribution in [0.2, 0.25) is 0 Å². The third kappa shape index (κ3) is 1.76. The van der Waals surface area contributed by atoms with E-state index in [2.05, 4.69) is 4.98 Å². The molecule has 0 saturated carbocycles.